The van der Waals surface area contributed by atoms with E-state index in [4.69, 9.17) is 5.26 Å². The lowest BCUT2D eigenvalue weighted by atomic mass is 10.00. The Hall–Kier alpha value is -1.34. The SMILES string of the molecule is Cc1ccc(C(=O)N2CCCC(C#N)C2)s1. The molecule has 2 rings (SSSR count). The Kier molecular flexibility index (Phi) is 3.25. The van der Waals surface area contributed by atoms with Gasteiger partial charge in [0.25, 0.3) is 5.91 Å². The van der Waals surface area contributed by atoms with Crippen LogP contribution in [0.3, 0.4) is 0 Å². The summed E-state index contributed by atoms with van der Waals surface area (Å²) in [7, 11) is 0. The third-order valence-electron chi connectivity index (χ3n) is 2.84. The minimum Gasteiger partial charge on any atom is -0.337 e. The Balaban J connectivity index is 2.08. The van der Waals surface area contributed by atoms with E-state index in [-0.39, 0.29) is 11.8 Å². The Morgan fingerprint density at radius 2 is 2.44 bits per heavy atom. The van der Waals surface area contributed by atoms with E-state index in [0.717, 1.165) is 29.1 Å². The summed E-state index contributed by atoms with van der Waals surface area (Å²) >= 11 is 1.52. The lowest BCUT2D eigenvalue weighted by Crippen LogP contribution is -2.39. The molecular weight excluding hydrogens is 220 g/mol. The average Bonchev–Trinajstić information content (AvgIpc) is 2.75. The van der Waals surface area contributed by atoms with E-state index in [0.29, 0.717) is 6.54 Å². The van der Waals surface area contributed by atoms with Gasteiger partial charge in [0.2, 0.25) is 0 Å². The first-order valence-corrected chi connectivity index (χ1v) is 6.27. The maximum absolute atomic E-state index is 12.1. The van der Waals surface area contributed by atoms with Crippen LogP contribution in [0.1, 0.15) is 27.4 Å². The van der Waals surface area contributed by atoms with Crippen LogP contribution in [-0.4, -0.2) is 23.9 Å². The number of thiophene rings is 1. The average molecular weight is 234 g/mol. The molecule has 0 spiro atoms. The van der Waals surface area contributed by atoms with Crippen molar-refractivity contribution in [3.8, 4) is 6.07 Å². The second-order valence-corrected chi connectivity index (χ2v) is 5.42. The molecule has 0 radical (unpaired) electrons. The number of hydrogen-bond acceptors (Lipinski definition) is 3. The highest BCUT2D eigenvalue weighted by molar-refractivity contribution is 7.13. The van der Waals surface area contributed by atoms with Crippen molar-refractivity contribution >= 4 is 17.2 Å². The van der Waals surface area contributed by atoms with Crippen molar-refractivity contribution in [3.63, 3.8) is 0 Å². The molecule has 1 aliphatic heterocycles. The lowest BCUT2D eigenvalue weighted by molar-refractivity contribution is 0.0703. The largest absolute Gasteiger partial charge is 0.337 e. The van der Waals surface area contributed by atoms with Gasteiger partial charge in [0.1, 0.15) is 0 Å². The quantitative estimate of drug-likeness (QED) is 0.749. The zero-order valence-corrected chi connectivity index (χ0v) is 10.1. The van der Waals surface area contributed by atoms with Crippen LogP contribution in [-0.2, 0) is 0 Å². The summed E-state index contributed by atoms with van der Waals surface area (Å²) in [5.41, 5.74) is 0. The van der Waals surface area contributed by atoms with Crippen LogP contribution in [0.5, 0.6) is 0 Å². The molecule has 1 fully saturated rings. The molecule has 0 aromatic carbocycles. The minimum atomic E-state index is 0.0127. The van der Waals surface area contributed by atoms with Crippen molar-refractivity contribution in [2.75, 3.05) is 13.1 Å². The van der Waals surface area contributed by atoms with Crippen molar-refractivity contribution in [3.05, 3.63) is 21.9 Å². The topological polar surface area (TPSA) is 44.1 Å². The van der Waals surface area contributed by atoms with E-state index >= 15 is 0 Å². The number of nitriles is 1. The van der Waals surface area contributed by atoms with Gasteiger partial charge in [-0.3, -0.25) is 4.79 Å². The second kappa shape index (κ2) is 4.67. The number of aryl methyl sites for hydroxylation is 1. The van der Waals surface area contributed by atoms with E-state index in [9.17, 15) is 4.79 Å². The summed E-state index contributed by atoms with van der Waals surface area (Å²) in [6, 6.07) is 6.09. The normalized spacial score (nSPS) is 20.5. The summed E-state index contributed by atoms with van der Waals surface area (Å²) in [6.45, 7) is 3.37. The minimum absolute atomic E-state index is 0.0127. The van der Waals surface area contributed by atoms with Crippen LogP contribution in [0.4, 0.5) is 0 Å². The molecule has 0 N–H and O–H groups in total. The maximum atomic E-state index is 12.1. The zero-order valence-electron chi connectivity index (χ0n) is 9.27. The predicted molar refractivity (Wildman–Crippen MR) is 63.3 cm³/mol. The van der Waals surface area contributed by atoms with E-state index in [1.807, 2.05) is 24.0 Å². The van der Waals surface area contributed by atoms with E-state index < -0.39 is 0 Å². The molecule has 1 aliphatic rings. The van der Waals surface area contributed by atoms with Crippen LogP contribution in [0, 0.1) is 24.2 Å². The van der Waals surface area contributed by atoms with Gasteiger partial charge >= 0.3 is 0 Å². The first kappa shape index (κ1) is 11.2. The van der Waals surface area contributed by atoms with Gasteiger partial charge in [-0.05, 0) is 31.9 Å². The van der Waals surface area contributed by atoms with Crippen molar-refractivity contribution in [1.29, 1.82) is 5.26 Å². The highest BCUT2D eigenvalue weighted by Crippen LogP contribution is 2.21. The number of nitrogens with zero attached hydrogens (tertiary/aromatic N) is 2. The van der Waals surface area contributed by atoms with Gasteiger partial charge < -0.3 is 4.90 Å². The van der Waals surface area contributed by atoms with E-state index in [2.05, 4.69) is 6.07 Å². The van der Waals surface area contributed by atoms with Crippen molar-refractivity contribution < 1.29 is 4.79 Å². The first-order chi connectivity index (χ1) is 7.70. The van der Waals surface area contributed by atoms with Gasteiger partial charge in [0.15, 0.2) is 0 Å². The third-order valence-corrected chi connectivity index (χ3v) is 3.83. The number of rotatable bonds is 1. The fraction of sp³-hybridized carbons (Fsp3) is 0.500. The Bertz CT molecular complexity index is 432. The molecule has 84 valence electrons. The molecule has 0 saturated carbocycles. The highest BCUT2D eigenvalue weighted by Gasteiger charge is 2.24. The number of carbonyl (C=O) groups is 1. The second-order valence-electron chi connectivity index (χ2n) is 4.13. The van der Waals surface area contributed by atoms with Crippen molar-refractivity contribution in [2.45, 2.75) is 19.8 Å². The first-order valence-electron chi connectivity index (χ1n) is 5.46. The Morgan fingerprint density at radius 1 is 1.62 bits per heavy atom. The summed E-state index contributed by atoms with van der Waals surface area (Å²) < 4.78 is 0. The number of hydrogen-bond donors (Lipinski definition) is 0. The molecule has 1 aromatic rings. The Morgan fingerprint density at radius 3 is 3.06 bits per heavy atom. The Labute approximate surface area is 99.3 Å². The van der Waals surface area contributed by atoms with Gasteiger partial charge in [-0.2, -0.15) is 5.26 Å². The highest BCUT2D eigenvalue weighted by atomic mass is 32.1. The van der Waals surface area contributed by atoms with Crippen molar-refractivity contribution in [2.24, 2.45) is 5.92 Å². The molecule has 2 heterocycles. The zero-order chi connectivity index (χ0) is 11.5. The van der Waals surface area contributed by atoms with Gasteiger partial charge in [0.05, 0.1) is 16.9 Å². The van der Waals surface area contributed by atoms with E-state index in [1.54, 1.807) is 0 Å². The molecule has 0 aliphatic carbocycles. The van der Waals surface area contributed by atoms with Crippen LogP contribution in [0.25, 0.3) is 0 Å². The smallest absolute Gasteiger partial charge is 0.263 e. The van der Waals surface area contributed by atoms with Crippen LogP contribution in [0.15, 0.2) is 12.1 Å². The van der Waals surface area contributed by atoms with Crippen LogP contribution >= 0.6 is 11.3 Å². The number of amides is 1. The standard InChI is InChI=1S/C12H14N2OS/c1-9-4-5-11(16-9)12(15)14-6-2-3-10(7-13)8-14/h4-5,10H,2-3,6,8H2,1H3. The lowest BCUT2D eigenvalue weighted by Gasteiger charge is -2.29. The number of piperidine rings is 1. The molecule has 16 heavy (non-hydrogen) atoms. The van der Waals surface area contributed by atoms with Crippen molar-refractivity contribution in [1.82, 2.24) is 4.90 Å². The summed E-state index contributed by atoms with van der Waals surface area (Å²) in [5, 5.41) is 8.88. The fourth-order valence-corrected chi connectivity index (χ4v) is 2.81. The summed E-state index contributed by atoms with van der Waals surface area (Å²) in [4.78, 5) is 15.8. The molecular formula is C12H14N2OS. The molecule has 1 aromatic heterocycles. The predicted octanol–water partition coefficient (Wildman–Crippen LogP) is 2.43. The number of likely N-dealkylation sites (tertiary alicyclic amines) is 1. The molecule has 3 nitrogen and oxygen atoms in total. The molecule has 1 saturated heterocycles. The molecule has 0 bridgehead atoms. The summed E-state index contributed by atoms with van der Waals surface area (Å²) in [5.74, 6) is 0.0943. The van der Waals surface area contributed by atoms with Gasteiger partial charge in [0, 0.05) is 18.0 Å². The maximum Gasteiger partial charge on any atom is 0.263 e. The van der Waals surface area contributed by atoms with Gasteiger partial charge in [-0.1, -0.05) is 0 Å². The van der Waals surface area contributed by atoms with E-state index in [1.165, 1.54) is 11.3 Å². The summed E-state index contributed by atoms with van der Waals surface area (Å²) in [6.07, 6.45) is 1.86. The molecule has 1 atom stereocenters. The molecule has 1 unspecified atom stereocenters. The van der Waals surface area contributed by atoms with Gasteiger partial charge in [-0.25, -0.2) is 0 Å². The molecule has 1 amide bonds. The number of carbonyl (C=O) groups excluding carboxylic acids is 1. The molecule has 4 heteroatoms. The fourth-order valence-electron chi connectivity index (χ4n) is 1.97. The third kappa shape index (κ3) is 2.25. The van der Waals surface area contributed by atoms with Gasteiger partial charge in [-0.15, -0.1) is 11.3 Å². The van der Waals surface area contributed by atoms with Crippen LogP contribution in [0.2, 0.25) is 0 Å². The van der Waals surface area contributed by atoms with Crippen LogP contribution < -0.4 is 0 Å². The monoisotopic (exact) mass is 234 g/mol.